The van der Waals surface area contributed by atoms with Gasteiger partial charge in [-0.2, -0.15) is 0 Å². The largest absolute Gasteiger partial charge is 0.465 e. The maximum Gasteiger partial charge on any atom is 0.419 e. The van der Waals surface area contributed by atoms with Gasteiger partial charge < -0.3 is 14.2 Å². The molecule has 0 aromatic carbocycles. The zero-order valence-corrected chi connectivity index (χ0v) is 22.3. The zero-order valence-electron chi connectivity index (χ0n) is 22.3. The Kier molecular flexibility index (Phi) is 9.38. The van der Waals surface area contributed by atoms with Gasteiger partial charge in [0.25, 0.3) is 0 Å². The molecule has 0 saturated carbocycles. The minimum absolute atomic E-state index is 0.0250. The second-order valence-electron chi connectivity index (χ2n) is 10.4. The normalized spacial score (nSPS) is 13.1. The van der Waals surface area contributed by atoms with Gasteiger partial charge in [-0.1, -0.05) is 19.1 Å². The summed E-state index contributed by atoms with van der Waals surface area (Å²) in [6.45, 7) is 12.2. The number of hydrogen-bond acceptors (Lipinski definition) is 8. The third-order valence-electron chi connectivity index (χ3n) is 4.62. The van der Waals surface area contributed by atoms with Crippen molar-refractivity contribution in [3.05, 3.63) is 48.7 Å². The Morgan fingerprint density at radius 3 is 2.14 bits per heavy atom. The summed E-state index contributed by atoms with van der Waals surface area (Å²) < 4.78 is 17.5. The van der Waals surface area contributed by atoms with Gasteiger partial charge in [0.2, 0.25) is 0 Å². The Balaban J connectivity index is 2.23. The van der Waals surface area contributed by atoms with E-state index >= 15 is 0 Å². The SMILES string of the molecule is COC(=O)C(=CC[C@H](C)CN(C(=O)OC(C)(C)C)C(=O)OC(C)(C)C)c1cn(-c2ccccn2)cn1. The molecule has 196 valence electrons. The van der Waals surface area contributed by atoms with Gasteiger partial charge in [-0.15, -0.1) is 0 Å². The van der Waals surface area contributed by atoms with Crippen LogP contribution in [0.2, 0.25) is 0 Å². The van der Waals surface area contributed by atoms with E-state index in [0.717, 1.165) is 4.90 Å². The number of methoxy groups -OCH3 is 1. The Labute approximate surface area is 212 Å². The average Bonchev–Trinajstić information content (AvgIpc) is 3.25. The first-order chi connectivity index (χ1) is 16.7. The lowest BCUT2D eigenvalue weighted by molar-refractivity contribution is -0.133. The summed E-state index contributed by atoms with van der Waals surface area (Å²) in [5, 5.41) is 0. The molecule has 0 N–H and O–H groups in total. The number of pyridine rings is 1. The fourth-order valence-corrected chi connectivity index (χ4v) is 3.06. The van der Waals surface area contributed by atoms with Crippen molar-refractivity contribution < 1.29 is 28.6 Å². The highest BCUT2D eigenvalue weighted by Crippen LogP contribution is 2.21. The summed E-state index contributed by atoms with van der Waals surface area (Å²) in [7, 11) is 1.29. The number of imidazole rings is 1. The number of allylic oxidation sites excluding steroid dienone is 1. The molecule has 1 atom stereocenters. The van der Waals surface area contributed by atoms with E-state index in [1.165, 1.54) is 7.11 Å². The quantitative estimate of drug-likeness (QED) is 0.296. The van der Waals surface area contributed by atoms with Gasteiger partial charge in [0.05, 0.1) is 18.4 Å². The number of carbonyl (C=O) groups excluding carboxylic acids is 3. The number of imide groups is 1. The molecule has 0 unspecified atom stereocenters. The van der Waals surface area contributed by atoms with Gasteiger partial charge in [-0.3, -0.25) is 4.57 Å². The van der Waals surface area contributed by atoms with Crippen molar-refractivity contribution in [3.8, 4) is 5.82 Å². The summed E-state index contributed by atoms with van der Waals surface area (Å²) in [6.07, 6.45) is 5.35. The Morgan fingerprint density at radius 2 is 1.64 bits per heavy atom. The minimum atomic E-state index is -0.796. The number of nitrogens with zero attached hydrogens (tertiary/aromatic N) is 4. The molecule has 0 radical (unpaired) electrons. The number of esters is 1. The van der Waals surface area contributed by atoms with Crippen molar-refractivity contribution in [2.24, 2.45) is 5.92 Å². The maximum absolute atomic E-state index is 12.8. The van der Waals surface area contributed by atoms with E-state index in [2.05, 4.69) is 9.97 Å². The molecule has 2 amide bonds. The molecule has 0 bridgehead atoms. The molecule has 36 heavy (non-hydrogen) atoms. The summed E-state index contributed by atoms with van der Waals surface area (Å²) in [5.41, 5.74) is -0.897. The van der Waals surface area contributed by atoms with Gasteiger partial charge in [-0.25, -0.2) is 29.3 Å². The van der Waals surface area contributed by atoms with E-state index in [0.29, 0.717) is 17.9 Å². The van der Waals surface area contributed by atoms with Gasteiger partial charge in [0, 0.05) is 18.9 Å². The Hall–Kier alpha value is -3.69. The van der Waals surface area contributed by atoms with Crippen molar-refractivity contribution in [1.82, 2.24) is 19.4 Å². The van der Waals surface area contributed by atoms with Crippen molar-refractivity contribution in [2.75, 3.05) is 13.7 Å². The topological polar surface area (TPSA) is 113 Å². The second kappa shape index (κ2) is 11.8. The van der Waals surface area contributed by atoms with Crippen molar-refractivity contribution in [1.29, 1.82) is 0 Å². The van der Waals surface area contributed by atoms with E-state index in [9.17, 15) is 14.4 Å². The lowest BCUT2D eigenvalue weighted by Crippen LogP contribution is -2.45. The van der Waals surface area contributed by atoms with Crippen LogP contribution in [0, 0.1) is 5.92 Å². The fraction of sp³-hybridized carbons (Fsp3) is 0.500. The molecule has 2 rings (SSSR count). The fourth-order valence-electron chi connectivity index (χ4n) is 3.06. The molecule has 10 nitrogen and oxygen atoms in total. The van der Waals surface area contributed by atoms with Crippen LogP contribution in [0.15, 0.2) is 43.0 Å². The van der Waals surface area contributed by atoms with Crippen molar-refractivity contribution in [2.45, 2.75) is 66.1 Å². The summed E-state index contributed by atoms with van der Waals surface area (Å²) >= 11 is 0. The summed E-state index contributed by atoms with van der Waals surface area (Å²) in [4.78, 5) is 47.6. The molecule has 0 fully saturated rings. The van der Waals surface area contributed by atoms with Gasteiger partial charge in [-0.05, 0) is 66.0 Å². The van der Waals surface area contributed by atoms with Crippen LogP contribution in [-0.2, 0) is 19.0 Å². The second-order valence-corrected chi connectivity index (χ2v) is 10.4. The molecule has 0 aliphatic carbocycles. The zero-order chi connectivity index (χ0) is 27.1. The molecule has 10 heteroatoms. The first-order valence-corrected chi connectivity index (χ1v) is 11.7. The first-order valence-electron chi connectivity index (χ1n) is 11.7. The highest BCUT2D eigenvalue weighted by atomic mass is 16.6. The number of hydrogen-bond donors (Lipinski definition) is 0. The lowest BCUT2D eigenvalue weighted by Gasteiger charge is -2.29. The average molecular weight is 501 g/mol. The molecule has 2 aromatic rings. The molecule has 0 saturated heterocycles. The van der Waals surface area contributed by atoms with Crippen LogP contribution < -0.4 is 0 Å². The van der Waals surface area contributed by atoms with E-state index in [4.69, 9.17) is 14.2 Å². The van der Waals surface area contributed by atoms with Crippen LogP contribution in [0.1, 0.15) is 60.6 Å². The molecular formula is C26H36N4O6. The van der Waals surface area contributed by atoms with Gasteiger partial charge in [0.1, 0.15) is 23.3 Å². The Bertz CT molecular complexity index is 1050. The van der Waals surface area contributed by atoms with Gasteiger partial charge in [0.15, 0.2) is 0 Å². The highest BCUT2D eigenvalue weighted by molar-refractivity contribution is 6.15. The van der Waals surface area contributed by atoms with E-state index in [-0.39, 0.29) is 18.0 Å². The van der Waals surface area contributed by atoms with Crippen LogP contribution in [0.5, 0.6) is 0 Å². The Morgan fingerprint density at radius 1 is 1.03 bits per heavy atom. The third-order valence-corrected chi connectivity index (χ3v) is 4.62. The molecule has 0 aliphatic heterocycles. The predicted octanol–water partition coefficient (Wildman–Crippen LogP) is 5.02. The van der Waals surface area contributed by atoms with Crippen LogP contribution in [0.25, 0.3) is 11.4 Å². The monoisotopic (exact) mass is 500 g/mol. The highest BCUT2D eigenvalue weighted by Gasteiger charge is 2.32. The first kappa shape index (κ1) is 28.5. The molecule has 0 spiro atoms. The van der Waals surface area contributed by atoms with Crippen LogP contribution in [0.4, 0.5) is 9.59 Å². The van der Waals surface area contributed by atoms with Crippen molar-refractivity contribution in [3.63, 3.8) is 0 Å². The number of carbonyl (C=O) groups is 3. The van der Waals surface area contributed by atoms with Crippen molar-refractivity contribution >= 4 is 23.7 Å². The van der Waals surface area contributed by atoms with E-state index < -0.39 is 29.4 Å². The molecular weight excluding hydrogens is 464 g/mol. The van der Waals surface area contributed by atoms with Crippen LogP contribution in [-0.4, -0.2) is 62.4 Å². The lowest BCUT2D eigenvalue weighted by atomic mass is 10.0. The number of ether oxygens (including phenoxy) is 3. The van der Waals surface area contributed by atoms with E-state index in [1.807, 2.05) is 19.1 Å². The standard InChI is InChI=1S/C26H36N4O6/c1-18(15-30(23(32)35-25(2,3)4)24(33)36-26(5,6)7)12-13-19(22(31)34-8)20-16-29(17-28-20)21-11-9-10-14-27-21/h9-11,13-14,16-18H,12,15H2,1-8H3/t18-/m0/s1. The third kappa shape index (κ3) is 8.83. The smallest absolute Gasteiger partial charge is 0.419 e. The molecule has 0 aliphatic rings. The van der Waals surface area contributed by atoms with Gasteiger partial charge >= 0.3 is 18.2 Å². The predicted molar refractivity (Wildman–Crippen MR) is 134 cm³/mol. The number of aromatic nitrogens is 3. The van der Waals surface area contributed by atoms with E-state index in [1.54, 1.807) is 77.0 Å². The minimum Gasteiger partial charge on any atom is -0.465 e. The maximum atomic E-state index is 12.8. The van der Waals surface area contributed by atoms with Crippen LogP contribution in [0.3, 0.4) is 0 Å². The number of amides is 2. The molecule has 2 heterocycles. The molecule has 2 aromatic heterocycles. The summed E-state index contributed by atoms with van der Waals surface area (Å²) in [6, 6.07) is 5.47. The number of rotatable bonds is 7. The van der Waals surface area contributed by atoms with Crippen LogP contribution >= 0.6 is 0 Å². The summed E-state index contributed by atoms with van der Waals surface area (Å²) in [5.74, 6) is -0.133.